The summed E-state index contributed by atoms with van der Waals surface area (Å²) in [5.41, 5.74) is 2.57. The van der Waals surface area contributed by atoms with Crippen molar-refractivity contribution >= 4 is 23.4 Å². The number of para-hydroxylation sites is 1. The molecule has 0 unspecified atom stereocenters. The van der Waals surface area contributed by atoms with Gasteiger partial charge >= 0.3 is 0 Å². The summed E-state index contributed by atoms with van der Waals surface area (Å²) in [4.78, 5) is 42.1. The zero-order valence-electron chi connectivity index (χ0n) is 18.0. The highest BCUT2D eigenvalue weighted by Crippen LogP contribution is 2.65. The Bertz CT molecular complexity index is 1100. The number of imide groups is 1. The largest absolute Gasteiger partial charge is 0.324 e. The predicted octanol–water partition coefficient (Wildman–Crippen LogP) is 3.60. The number of rotatable bonds is 5. The number of nitrogens with one attached hydrogen (secondary N) is 1. The van der Waals surface area contributed by atoms with E-state index in [-0.39, 0.29) is 41.4 Å². The number of nitrogens with zero attached hydrogens (tertiary/aromatic N) is 1. The maximum atomic E-state index is 13.7. The van der Waals surface area contributed by atoms with Gasteiger partial charge in [-0.2, -0.15) is 0 Å². The minimum absolute atomic E-state index is 0.147. The normalized spacial score (nSPS) is 32.5. The van der Waals surface area contributed by atoms with Crippen LogP contribution in [0, 0.1) is 42.4 Å². The first kappa shape index (κ1) is 19.5. The number of hydrogen-bond acceptors (Lipinski definition) is 3. The number of carbonyl (C=O) groups is 3. The van der Waals surface area contributed by atoms with Crippen molar-refractivity contribution in [1.82, 2.24) is 4.90 Å². The molecule has 0 radical (unpaired) electrons. The van der Waals surface area contributed by atoms with Crippen molar-refractivity contribution in [2.24, 2.45) is 35.5 Å². The Kier molecular flexibility index (Phi) is 4.36. The van der Waals surface area contributed by atoms with E-state index in [4.69, 9.17) is 0 Å². The number of amides is 3. The van der Waals surface area contributed by atoms with Crippen molar-refractivity contribution in [3.63, 3.8) is 0 Å². The quantitative estimate of drug-likeness (QED) is 0.587. The Labute approximate surface area is 187 Å². The Hall–Kier alpha value is -3.21. The van der Waals surface area contributed by atoms with Crippen LogP contribution < -0.4 is 5.32 Å². The molecule has 2 aromatic rings. The van der Waals surface area contributed by atoms with Gasteiger partial charge in [0.2, 0.25) is 17.7 Å². The lowest BCUT2D eigenvalue weighted by Gasteiger charge is -2.37. The number of aryl methyl sites for hydroxylation is 1. The first-order chi connectivity index (χ1) is 15.5. The van der Waals surface area contributed by atoms with E-state index in [0.717, 1.165) is 17.5 Å². The molecule has 0 aromatic heterocycles. The number of likely N-dealkylation sites (tertiary alicyclic amines) is 1. The van der Waals surface area contributed by atoms with Crippen LogP contribution in [0.2, 0.25) is 0 Å². The van der Waals surface area contributed by atoms with Crippen LogP contribution in [-0.4, -0.2) is 28.7 Å². The molecule has 3 fully saturated rings. The lowest BCUT2D eigenvalue weighted by atomic mass is 9.63. The van der Waals surface area contributed by atoms with E-state index in [9.17, 15) is 14.4 Å². The number of benzene rings is 2. The second-order valence-electron chi connectivity index (χ2n) is 9.71. The van der Waals surface area contributed by atoms with Crippen molar-refractivity contribution in [2.75, 3.05) is 5.32 Å². The average molecular weight is 427 g/mol. The first-order valence-corrected chi connectivity index (χ1v) is 11.5. The lowest BCUT2D eigenvalue weighted by molar-refractivity contribution is -0.146. The van der Waals surface area contributed by atoms with Crippen LogP contribution in [0.5, 0.6) is 0 Å². The number of hydrogen-bond donors (Lipinski definition) is 1. The summed E-state index contributed by atoms with van der Waals surface area (Å²) in [5.74, 6) is 0.135. The second-order valence-corrected chi connectivity index (χ2v) is 9.71. The molecular formula is C27H26N2O3. The van der Waals surface area contributed by atoms with Gasteiger partial charge in [-0.1, -0.05) is 60.7 Å². The van der Waals surface area contributed by atoms with Crippen molar-refractivity contribution in [2.45, 2.75) is 25.8 Å². The van der Waals surface area contributed by atoms with E-state index >= 15 is 0 Å². The molecule has 1 N–H and O–H groups in total. The van der Waals surface area contributed by atoms with Gasteiger partial charge in [0, 0.05) is 12.1 Å². The van der Waals surface area contributed by atoms with Gasteiger partial charge in [-0.15, -0.1) is 0 Å². The second kappa shape index (κ2) is 7.16. The minimum Gasteiger partial charge on any atom is -0.324 e. The van der Waals surface area contributed by atoms with Crippen molar-refractivity contribution in [1.29, 1.82) is 0 Å². The van der Waals surface area contributed by atoms with Crippen molar-refractivity contribution < 1.29 is 14.4 Å². The topological polar surface area (TPSA) is 66.5 Å². The van der Waals surface area contributed by atoms with E-state index in [2.05, 4.69) is 17.5 Å². The smallest absolute Gasteiger partial charge is 0.248 e. The molecule has 1 aliphatic heterocycles. The molecule has 7 atom stereocenters. The van der Waals surface area contributed by atoms with Gasteiger partial charge in [-0.3, -0.25) is 19.3 Å². The minimum atomic E-state index is -0.863. The monoisotopic (exact) mass is 426 g/mol. The van der Waals surface area contributed by atoms with Crippen molar-refractivity contribution in [3.05, 3.63) is 77.9 Å². The molecule has 2 aromatic carbocycles. The molecule has 5 nitrogen and oxygen atoms in total. The maximum absolute atomic E-state index is 13.7. The highest BCUT2D eigenvalue weighted by molar-refractivity contribution is 6.10. The van der Waals surface area contributed by atoms with Gasteiger partial charge in [0.15, 0.2) is 0 Å². The van der Waals surface area contributed by atoms with E-state index < -0.39 is 6.04 Å². The molecule has 0 spiro atoms. The van der Waals surface area contributed by atoms with Gasteiger partial charge < -0.3 is 5.32 Å². The molecule has 2 saturated carbocycles. The molecule has 2 bridgehead atoms. The summed E-state index contributed by atoms with van der Waals surface area (Å²) in [5, 5.41) is 2.98. The molecule has 162 valence electrons. The highest BCUT2D eigenvalue weighted by atomic mass is 16.2. The zero-order valence-corrected chi connectivity index (χ0v) is 18.0. The number of allylic oxidation sites excluding steroid dienone is 2. The molecule has 4 aliphatic carbocycles. The van der Waals surface area contributed by atoms with Crippen LogP contribution >= 0.6 is 0 Å². The highest BCUT2D eigenvalue weighted by Gasteiger charge is 2.67. The Morgan fingerprint density at radius 3 is 2.16 bits per heavy atom. The Balaban J connectivity index is 1.34. The van der Waals surface area contributed by atoms with Crippen LogP contribution in [-0.2, 0) is 20.8 Å². The number of carbonyl (C=O) groups excluding carboxylic acids is 3. The first-order valence-electron chi connectivity index (χ1n) is 11.5. The van der Waals surface area contributed by atoms with Gasteiger partial charge in [-0.05, 0) is 54.2 Å². The molecule has 3 amide bonds. The molecular weight excluding hydrogens is 400 g/mol. The summed E-state index contributed by atoms with van der Waals surface area (Å²) >= 11 is 0. The Morgan fingerprint density at radius 1 is 0.938 bits per heavy atom. The van der Waals surface area contributed by atoms with Gasteiger partial charge in [0.25, 0.3) is 0 Å². The standard InChI is InChI=1S/C27H26N2O3/c1-15-7-5-6-10-21(15)28-25(30)22(13-16-8-3-2-4-9-16)29-26(31)23-17-11-12-18(20-14-19(17)20)24(23)27(29)32/h2-12,17-20,22-24H,13-14H2,1H3,(H,28,30)/t17-,18-,19-,20+,22-,23+,24+/m0/s1. The Morgan fingerprint density at radius 2 is 1.53 bits per heavy atom. The fourth-order valence-corrected chi connectivity index (χ4v) is 6.35. The number of anilines is 1. The van der Waals surface area contributed by atoms with E-state index in [1.54, 1.807) is 0 Å². The van der Waals surface area contributed by atoms with Crippen molar-refractivity contribution in [3.8, 4) is 0 Å². The summed E-state index contributed by atoms with van der Waals surface area (Å²) in [6.45, 7) is 1.93. The van der Waals surface area contributed by atoms with Crippen LogP contribution in [0.1, 0.15) is 17.5 Å². The fourth-order valence-electron chi connectivity index (χ4n) is 6.35. The van der Waals surface area contributed by atoms with Gasteiger partial charge in [-0.25, -0.2) is 0 Å². The maximum Gasteiger partial charge on any atom is 0.248 e. The molecule has 1 saturated heterocycles. The average Bonchev–Trinajstić information content (AvgIpc) is 3.58. The summed E-state index contributed by atoms with van der Waals surface area (Å²) in [7, 11) is 0. The van der Waals surface area contributed by atoms with Crippen LogP contribution in [0.3, 0.4) is 0 Å². The van der Waals surface area contributed by atoms with Crippen LogP contribution in [0.25, 0.3) is 0 Å². The third-order valence-corrected chi connectivity index (χ3v) is 7.99. The molecule has 7 rings (SSSR count). The lowest BCUT2D eigenvalue weighted by Crippen LogP contribution is -2.49. The molecule has 5 aliphatic rings. The summed E-state index contributed by atoms with van der Waals surface area (Å²) < 4.78 is 0. The fraction of sp³-hybridized carbons (Fsp3) is 0.370. The SMILES string of the molecule is Cc1ccccc1NC(=O)[C@H](Cc1ccccc1)N1C(=O)[C@@H]2[C@H]3C=C[C@@H]([C@@H]4C[C@H]34)[C@H]2C1=O. The van der Waals surface area contributed by atoms with Crippen LogP contribution in [0.15, 0.2) is 66.7 Å². The molecule has 1 heterocycles. The van der Waals surface area contributed by atoms with Gasteiger partial charge in [0.1, 0.15) is 6.04 Å². The van der Waals surface area contributed by atoms with E-state index in [1.165, 1.54) is 4.90 Å². The third kappa shape index (κ3) is 2.87. The third-order valence-electron chi connectivity index (χ3n) is 7.99. The summed E-state index contributed by atoms with van der Waals surface area (Å²) in [6, 6.07) is 16.3. The van der Waals surface area contributed by atoms with Gasteiger partial charge in [0.05, 0.1) is 11.8 Å². The van der Waals surface area contributed by atoms with E-state index in [0.29, 0.717) is 23.9 Å². The van der Waals surface area contributed by atoms with E-state index in [1.807, 2.05) is 61.5 Å². The van der Waals surface area contributed by atoms with Crippen LogP contribution in [0.4, 0.5) is 5.69 Å². The summed E-state index contributed by atoms with van der Waals surface area (Å²) in [6.07, 6.45) is 5.75. The molecule has 32 heavy (non-hydrogen) atoms. The molecule has 5 heteroatoms. The predicted molar refractivity (Wildman–Crippen MR) is 120 cm³/mol. The zero-order chi connectivity index (χ0) is 22.0.